The van der Waals surface area contributed by atoms with Gasteiger partial charge in [-0.05, 0) is 46.5 Å². The summed E-state index contributed by atoms with van der Waals surface area (Å²) < 4.78 is 11.6. The lowest BCUT2D eigenvalue weighted by atomic mass is 10.2. The maximum Gasteiger partial charge on any atom is 0.174 e. The van der Waals surface area contributed by atoms with Crippen LogP contribution in [0.5, 0.6) is 5.75 Å². The maximum atomic E-state index is 5.67. The first-order valence-corrected chi connectivity index (χ1v) is 7.15. The van der Waals surface area contributed by atoms with Crippen molar-refractivity contribution in [2.45, 2.75) is 32.0 Å². The Morgan fingerprint density at radius 1 is 1.37 bits per heavy atom. The summed E-state index contributed by atoms with van der Waals surface area (Å²) in [6, 6.07) is 8.66. The minimum absolute atomic E-state index is 0.387. The molecular formula is C14H15BrN2O2. The third kappa shape index (κ3) is 3.58. The molecule has 100 valence electrons. The Bertz CT molecular complexity index is 538. The summed E-state index contributed by atoms with van der Waals surface area (Å²) in [4.78, 5) is 0. The Balaban J connectivity index is 1.58. The van der Waals surface area contributed by atoms with Crippen molar-refractivity contribution < 1.29 is 9.26 Å². The SMILES string of the molecule is Brc1cc(CNC2CC2)ccc1OCc1ccno1. The van der Waals surface area contributed by atoms with Crippen molar-refractivity contribution in [1.29, 1.82) is 0 Å². The molecule has 3 rings (SSSR count). The van der Waals surface area contributed by atoms with E-state index in [1.807, 2.05) is 6.07 Å². The van der Waals surface area contributed by atoms with E-state index in [2.05, 4.69) is 38.5 Å². The molecule has 0 radical (unpaired) electrons. The molecule has 19 heavy (non-hydrogen) atoms. The molecule has 0 spiro atoms. The highest BCUT2D eigenvalue weighted by molar-refractivity contribution is 9.10. The number of nitrogens with zero attached hydrogens (tertiary/aromatic N) is 1. The molecule has 0 bridgehead atoms. The van der Waals surface area contributed by atoms with Gasteiger partial charge in [0, 0.05) is 18.7 Å². The summed E-state index contributed by atoms with van der Waals surface area (Å²) in [5.74, 6) is 1.53. The van der Waals surface area contributed by atoms with Gasteiger partial charge in [-0.1, -0.05) is 11.2 Å². The number of halogens is 1. The van der Waals surface area contributed by atoms with E-state index in [4.69, 9.17) is 9.26 Å². The molecule has 1 saturated carbocycles. The van der Waals surface area contributed by atoms with E-state index in [1.54, 1.807) is 12.3 Å². The minimum atomic E-state index is 0.387. The van der Waals surface area contributed by atoms with Crippen LogP contribution in [0.2, 0.25) is 0 Å². The van der Waals surface area contributed by atoms with E-state index in [0.717, 1.165) is 22.8 Å². The molecule has 1 aliphatic carbocycles. The first kappa shape index (κ1) is 12.7. The van der Waals surface area contributed by atoms with Gasteiger partial charge in [-0.15, -0.1) is 0 Å². The van der Waals surface area contributed by atoms with Gasteiger partial charge in [0.2, 0.25) is 0 Å². The molecule has 1 aromatic carbocycles. The van der Waals surface area contributed by atoms with Crippen LogP contribution in [0.3, 0.4) is 0 Å². The summed E-state index contributed by atoms with van der Waals surface area (Å²) in [6.45, 7) is 1.30. The van der Waals surface area contributed by atoms with Crippen molar-refractivity contribution in [1.82, 2.24) is 10.5 Å². The van der Waals surface area contributed by atoms with Crippen molar-refractivity contribution in [3.63, 3.8) is 0 Å². The van der Waals surface area contributed by atoms with Gasteiger partial charge >= 0.3 is 0 Å². The Morgan fingerprint density at radius 2 is 2.26 bits per heavy atom. The fourth-order valence-corrected chi connectivity index (χ4v) is 2.33. The van der Waals surface area contributed by atoms with E-state index in [1.165, 1.54) is 18.4 Å². The van der Waals surface area contributed by atoms with Gasteiger partial charge < -0.3 is 14.6 Å². The molecule has 0 aliphatic heterocycles. The van der Waals surface area contributed by atoms with Crippen molar-refractivity contribution in [2.24, 2.45) is 0 Å². The van der Waals surface area contributed by atoms with Crippen LogP contribution in [0.15, 0.2) is 39.5 Å². The summed E-state index contributed by atoms with van der Waals surface area (Å²) in [6.07, 6.45) is 4.22. The summed E-state index contributed by atoms with van der Waals surface area (Å²) in [7, 11) is 0. The third-order valence-electron chi connectivity index (χ3n) is 3.03. The summed E-state index contributed by atoms with van der Waals surface area (Å²) in [5, 5.41) is 7.13. The lowest BCUT2D eigenvalue weighted by Crippen LogP contribution is -2.15. The highest BCUT2D eigenvalue weighted by Gasteiger charge is 2.20. The zero-order chi connectivity index (χ0) is 13.1. The Labute approximate surface area is 120 Å². The number of benzene rings is 1. The average Bonchev–Trinajstić information content (AvgIpc) is 3.10. The predicted octanol–water partition coefficient (Wildman–Crippen LogP) is 3.27. The van der Waals surface area contributed by atoms with Crippen LogP contribution >= 0.6 is 15.9 Å². The van der Waals surface area contributed by atoms with E-state index in [0.29, 0.717) is 12.4 Å². The zero-order valence-electron chi connectivity index (χ0n) is 10.4. The van der Waals surface area contributed by atoms with E-state index >= 15 is 0 Å². The Hall–Kier alpha value is -1.33. The molecule has 5 heteroatoms. The number of nitrogens with one attached hydrogen (secondary N) is 1. The fourth-order valence-electron chi connectivity index (χ4n) is 1.79. The van der Waals surface area contributed by atoms with Gasteiger partial charge in [-0.25, -0.2) is 0 Å². The monoisotopic (exact) mass is 322 g/mol. The van der Waals surface area contributed by atoms with Gasteiger partial charge in [0.15, 0.2) is 5.76 Å². The fraction of sp³-hybridized carbons (Fsp3) is 0.357. The second-order valence-corrected chi connectivity index (χ2v) is 5.54. The van der Waals surface area contributed by atoms with E-state index in [9.17, 15) is 0 Å². The summed E-state index contributed by atoms with van der Waals surface area (Å²) >= 11 is 3.54. The molecule has 1 N–H and O–H groups in total. The second kappa shape index (κ2) is 5.75. The third-order valence-corrected chi connectivity index (χ3v) is 3.65. The minimum Gasteiger partial charge on any atom is -0.484 e. The second-order valence-electron chi connectivity index (χ2n) is 4.69. The molecule has 1 heterocycles. The van der Waals surface area contributed by atoms with Crippen molar-refractivity contribution in [3.05, 3.63) is 46.3 Å². The van der Waals surface area contributed by atoms with Crippen molar-refractivity contribution in [2.75, 3.05) is 0 Å². The number of rotatable bonds is 6. The van der Waals surface area contributed by atoms with Crippen LogP contribution in [-0.2, 0) is 13.2 Å². The lowest BCUT2D eigenvalue weighted by molar-refractivity contribution is 0.248. The standard InChI is InChI=1S/C14H15BrN2O2/c15-13-7-10(8-16-11-2-3-11)1-4-14(13)18-9-12-5-6-17-19-12/h1,4-7,11,16H,2-3,8-9H2. The maximum absolute atomic E-state index is 5.67. The smallest absolute Gasteiger partial charge is 0.174 e. The van der Waals surface area contributed by atoms with Gasteiger partial charge in [-0.2, -0.15) is 0 Å². The number of aromatic nitrogens is 1. The Kier molecular flexibility index (Phi) is 3.84. The molecule has 1 aromatic heterocycles. The van der Waals surface area contributed by atoms with E-state index in [-0.39, 0.29) is 0 Å². The van der Waals surface area contributed by atoms with Crippen LogP contribution in [0.4, 0.5) is 0 Å². The molecule has 4 nitrogen and oxygen atoms in total. The van der Waals surface area contributed by atoms with Crippen LogP contribution < -0.4 is 10.1 Å². The van der Waals surface area contributed by atoms with Crippen LogP contribution in [0.1, 0.15) is 24.2 Å². The number of hydrogen-bond donors (Lipinski definition) is 1. The van der Waals surface area contributed by atoms with Gasteiger partial charge in [0.1, 0.15) is 12.4 Å². The van der Waals surface area contributed by atoms with Crippen molar-refractivity contribution in [3.8, 4) is 5.75 Å². The quantitative estimate of drug-likeness (QED) is 0.886. The average molecular weight is 323 g/mol. The normalized spacial score (nSPS) is 14.6. The highest BCUT2D eigenvalue weighted by Crippen LogP contribution is 2.27. The molecule has 0 unspecified atom stereocenters. The molecule has 1 fully saturated rings. The van der Waals surface area contributed by atoms with Gasteiger partial charge in [-0.3, -0.25) is 0 Å². The Morgan fingerprint density at radius 3 is 2.95 bits per heavy atom. The lowest BCUT2D eigenvalue weighted by Gasteiger charge is -2.09. The molecule has 1 aliphatic rings. The number of hydrogen-bond acceptors (Lipinski definition) is 4. The molecule has 2 aromatic rings. The highest BCUT2D eigenvalue weighted by atomic mass is 79.9. The summed E-state index contributed by atoms with van der Waals surface area (Å²) in [5.41, 5.74) is 1.26. The molecular weight excluding hydrogens is 308 g/mol. The van der Waals surface area contributed by atoms with Crippen LogP contribution in [0, 0.1) is 0 Å². The van der Waals surface area contributed by atoms with Gasteiger partial charge in [0.25, 0.3) is 0 Å². The first-order valence-electron chi connectivity index (χ1n) is 6.35. The van der Waals surface area contributed by atoms with E-state index < -0.39 is 0 Å². The predicted molar refractivity (Wildman–Crippen MR) is 74.8 cm³/mol. The molecule has 0 saturated heterocycles. The van der Waals surface area contributed by atoms with Gasteiger partial charge in [0.05, 0.1) is 10.7 Å². The zero-order valence-corrected chi connectivity index (χ0v) is 12.0. The van der Waals surface area contributed by atoms with Crippen molar-refractivity contribution >= 4 is 15.9 Å². The number of ether oxygens (including phenoxy) is 1. The molecule has 0 atom stereocenters. The van der Waals surface area contributed by atoms with Crippen LogP contribution in [-0.4, -0.2) is 11.2 Å². The topological polar surface area (TPSA) is 47.3 Å². The van der Waals surface area contributed by atoms with Crippen LogP contribution in [0.25, 0.3) is 0 Å². The first-order chi connectivity index (χ1) is 9.31. The largest absolute Gasteiger partial charge is 0.484 e. The molecule has 0 amide bonds.